The van der Waals surface area contributed by atoms with Gasteiger partial charge in [-0.15, -0.1) is 0 Å². The predicted octanol–water partition coefficient (Wildman–Crippen LogP) is 4.28. The minimum atomic E-state index is -2.83. The summed E-state index contributed by atoms with van der Waals surface area (Å²) in [6, 6.07) is 10.5. The van der Waals surface area contributed by atoms with E-state index in [1.807, 2.05) is 44.9 Å². The van der Waals surface area contributed by atoms with Crippen molar-refractivity contribution in [2.45, 2.75) is 33.9 Å². The number of hydrogen-bond donors (Lipinski definition) is 1. The van der Waals surface area contributed by atoms with Crippen molar-refractivity contribution in [1.82, 2.24) is 4.90 Å². The number of anilines is 1. The van der Waals surface area contributed by atoms with Gasteiger partial charge in [0.1, 0.15) is 5.75 Å². The first-order chi connectivity index (χ1) is 12.2. The molecule has 2 rings (SSSR count). The summed E-state index contributed by atoms with van der Waals surface area (Å²) in [6.45, 7) is 3.89. The molecule has 1 N–H and O–H groups in total. The zero-order valence-electron chi connectivity index (χ0n) is 15.5. The molecule has 4 nitrogen and oxygen atoms in total. The number of rotatable bonds is 7. The molecule has 26 heavy (non-hydrogen) atoms. The van der Waals surface area contributed by atoms with Gasteiger partial charge in [0, 0.05) is 12.2 Å². The maximum Gasteiger partial charge on any atom is 0.387 e. The van der Waals surface area contributed by atoms with Crippen molar-refractivity contribution >= 4 is 11.6 Å². The summed E-state index contributed by atoms with van der Waals surface area (Å²) in [5, 5.41) is 2.97. The highest BCUT2D eigenvalue weighted by molar-refractivity contribution is 5.93. The van der Waals surface area contributed by atoms with Gasteiger partial charge < -0.3 is 10.1 Å². The van der Waals surface area contributed by atoms with Crippen molar-refractivity contribution in [3.63, 3.8) is 0 Å². The Bertz CT molecular complexity index is 738. The normalized spacial score (nSPS) is 11.1. The van der Waals surface area contributed by atoms with Gasteiger partial charge in [0.05, 0.1) is 6.54 Å². The van der Waals surface area contributed by atoms with E-state index in [4.69, 9.17) is 0 Å². The SMILES string of the molecule is Cc1cc(C)c(NC(=O)CN(C)Cc2ccc(OC(F)F)cc2)c(C)c1. The van der Waals surface area contributed by atoms with Crippen molar-refractivity contribution in [1.29, 1.82) is 0 Å². The lowest BCUT2D eigenvalue weighted by Gasteiger charge is -2.18. The fourth-order valence-electron chi connectivity index (χ4n) is 2.95. The first-order valence-electron chi connectivity index (χ1n) is 8.34. The third-order valence-electron chi connectivity index (χ3n) is 3.96. The lowest BCUT2D eigenvalue weighted by molar-refractivity contribution is -0.117. The molecular weight excluding hydrogens is 338 g/mol. The molecule has 0 fully saturated rings. The number of benzene rings is 2. The first kappa shape index (κ1) is 19.8. The van der Waals surface area contributed by atoms with Gasteiger partial charge in [-0.1, -0.05) is 29.8 Å². The van der Waals surface area contributed by atoms with E-state index in [1.54, 1.807) is 12.1 Å². The number of alkyl halides is 2. The van der Waals surface area contributed by atoms with E-state index >= 15 is 0 Å². The molecule has 0 radical (unpaired) electrons. The summed E-state index contributed by atoms with van der Waals surface area (Å²) >= 11 is 0. The van der Waals surface area contributed by atoms with Crippen LogP contribution < -0.4 is 10.1 Å². The molecule has 1 amide bonds. The van der Waals surface area contributed by atoms with Crippen LogP contribution in [0.25, 0.3) is 0 Å². The van der Waals surface area contributed by atoms with Crippen molar-refractivity contribution < 1.29 is 18.3 Å². The molecule has 6 heteroatoms. The summed E-state index contributed by atoms with van der Waals surface area (Å²) in [7, 11) is 1.83. The maximum absolute atomic E-state index is 12.3. The number of carbonyl (C=O) groups is 1. The molecule has 2 aromatic rings. The average molecular weight is 362 g/mol. The van der Waals surface area contributed by atoms with Crippen LogP contribution in [0.5, 0.6) is 5.75 Å². The lowest BCUT2D eigenvalue weighted by atomic mass is 10.1. The van der Waals surface area contributed by atoms with E-state index in [0.717, 1.165) is 27.9 Å². The maximum atomic E-state index is 12.3. The van der Waals surface area contributed by atoms with Crippen molar-refractivity contribution in [3.05, 3.63) is 58.7 Å². The molecule has 0 atom stereocenters. The van der Waals surface area contributed by atoms with Crippen LogP contribution in [0.4, 0.5) is 14.5 Å². The van der Waals surface area contributed by atoms with Crippen LogP contribution in [0.3, 0.4) is 0 Å². The number of nitrogens with one attached hydrogen (secondary N) is 1. The van der Waals surface area contributed by atoms with Crippen LogP contribution in [-0.4, -0.2) is 31.0 Å². The molecule has 0 aliphatic heterocycles. The van der Waals surface area contributed by atoms with Crippen LogP contribution in [0, 0.1) is 20.8 Å². The van der Waals surface area contributed by atoms with Gasteiger partial charge in [-0.3, -0.25) is 9.69 Å². The number of ether oxygens (including phenoxy) is 1. The molecule has 0 bridgehead atoms. The Morgan fingerprint density at radius 1 is 1.12 bits per heavy atom. The zero-order valence-corrected chi connectivity index (χ0v) is 15.5. The molecule has 0 heterocycles. The molecule has 0 saturated heterocycles. The molecular formula is C20H24F2N2O2. The van der Waals surface area contributed by atoms with Gasteiger partial charge in [-0.25, -0.2) is 0 Å². The Labute approximate surface area is 152 Å². The second-order valence-electron chi connectivity index (χ2n) is 6.52. The van der Waals surface area contributed by atoms with Crippen LogP contribution in [0.15, 0.2) is 36.4 Å². The smallest absolute Gasteiger partial charge is 0.387 e. The Morgan fingerprint density at radius 2 is 1.69 bits per heavy atom. The molecule has 2 aromatic carbocycles. The summed E-state index contributed by atoms with van der Waals surface area (Å²) in [5.41, 5.74) is 4.99. The Hall–Kier alpha value is -2.47. The number of likely N-dealkylation sites (N-methyl/N-ethyl adjacent to an activating group) is 1. The van der Waals surface area contributed by atoms with Crippen LogP contribution >= 0.6 is 0 Å². The Balaban J connectivity index is 1.91. The quantitative estimate of drug-likeness (QED) is 0.799. The average Bonchev–Trinajstić information content (AvgIpc) is 2.52. The number of halogens is 2. The highest BCUT2D eigenvalue weighted by atomic mass is 19.3. The molecule has 0 saturated carbocycles. The van der Waals surface area contributed by atoms with E-state index in [-0.39, 0.29) is 18.2 Å². The molecule has 0 aliphatic rings. The number of nitrogens with zero attached hydrogens (tertiary/aromatic N) is 1. The van der Waals surface area contributed by atoms with E-state index in [9.17, 15) is 13.6 Å². The highest BCUT2D eigenvalue weighted by Gasteiger charge is 2.11. The topological polar surface area (TPSA) is 41.6 Å². The van der Waals surface area contributed by atoms with Crippen LogP contribution in [0.2, 0.25) is 0 Å². The van der Waals surface area contributed by atoms with Gasteiger partial charge >= 0.3 is 6.61 Å². The third kappa shape index (κ3) is 5.81. The second kappa shape index (κ2) is 8.76. The molecule has 0 aliphatic carbocycles. The Kier molecular flexibility index (Phi) is 6.69. The van der Waals surface area contributed by atoms with Crippen molar-refractivity contribution in [2.75, 3.05) is 18.9 Å². The fraction of sp³-hybridized carbons (Fsp3) is 0.350. The number of aryl methyl sites for hydroxylation is 3. The first-order valence-corrected chi connectivity index (χ1v) is 8.34. The molecule has 0 aromatic heterocycles. The van der Waals surface area contributed by atoms with Crippen LogP contribution in [-0.2, 0) is 11.3 Å². The lowest BCUT2D eigenvalue weighted by Crippen LogP contribution is -2.30. The molecule has 140 valence electrons. The summed E-state index contributed by atoms with van der Waals surface area (Å²) in [5.74, 6) is 0.0228. The van der Waals surface area contributed by atoms with Gasteiger partial charge in [0.2, 0.25) is 5.91 Å². The van der Waals surface area contributed by atoms with E-state index in [1.165, 1.54) is 12.1 Å². The largest absolute Gasteiger partial charge is 0.435 e. The highest BCUT2D eigenvalue weighted by Crippen LogP contribution is 2.22. The number of hydrogen-bond acceptors (Lipinski definition) is 3. The standard InChI is InChI=1S/C20H24F2N2O2/c1-13-9-14(2)19(15(3)10-13)23-18(25)12-24(4)11-16-5-7-17(8-6-16)26-20(21)22/h5-10,20H,11-12H2,1-4H3,(H,23,25). The zero-order chi connectivity index (χ0) is 19.3. The van der Waals surface area contributed by atoms with Gasteiger partial charge in [-0.05, 0) is 56.6 Å². The Morgan fingerprint density at radius 3 is 2.23 bits per heavy atom. The van der Waals surface area contributed by atoms with E-state index < -0.39 is 6.61 Å². The minimum absolute atomic E-state index is 0.0970. The monoisotopic (exact) mass is 362 g/mol. The van der Waals surface area contributed by atoms with Gasteiger partial charge in [0.25, 0.3) is 0 Å². The second-order valence-corrected chi connectivity index (χ2v) is 6.52. The molecule has 0 unspecified atom stereocenters. The van der Waals surface area contributed by atoms with Crippen molar-refractivity contribution in [3.8, 4) is 5.75 Å². The summed E-state index contributed by atoms with van der Waals surface area (Å²) < 4.78 is 28.6. The fourth-order valence-corrected chi connectivity index (χ4v) is 2.95. The van der Waals surface area contributed by atoms with E-state index in [2.05, 4.69) is 10.1 Å². The summed E-state index contributed by atoms with van der Waals surface area (Å²) in [4.78, 5) is 14.2. The van der Waals surface area contributed by atoms with Gasteiger partial charge in [0.15, 0.2) is 0 Å². The van der Waals surface area contributed by atoms with Crippen LogP contribution in [0.1, 0.15) is 22.3 Å². The number of carbonyl (C=O) groups excluding carboxylic acids is 1. The van der Waals surface area contributed by atoms with E-state index in [0.29, 0.717) is 6.54 Å². The molecule has 0 spiro atoms. The predicted molar refractivity (Wildman–Crippen MR) is 98.7 cm³/mol. The third-order valence-corrected chi connectivity index (χ3v) is 3.96. The number of amides is 1. The summed E-state index contributed by atoms with van der Waals surface area (Å²) in [6.07, 6.45) is 0. The minimum Gasteiger partial charge on any atom is -0.435 e. The van der Waals surface area contributed by atoms with Gasteiger partial charge in [-0.2, -0.15) is 8.78 Å². The van der Waals surface area contributed by atoms with Crippen molar-refractivity contribution in [2.24, 2.45) is 0 Å².